The number of aryl methyl sites for hydroxylation is 1. The van der Waals surface area contributed by atoms with Gasteiger partial charge in [-0.05, 0) is 46.2 Å². The first kappa shape index (κ1) is 20.8. The molecular formula is C22H28N4O3. The molecule has 0 saturated heterocycles. The molecule has 154 valence electrons. The standard InChI is InChI=1S/C22H28N4O3/c1-13(2)29-11-7-10-23-21(27)15(4)25-22(28)19-12-17-16-8-5-6-9-18(16)26-20(17)14(3)24-19/h5-6,8-9,12-13,15,26H,7,10-11H2,1-4H3,(H,23,27)(H,25,28). The number of benzene rings is 1. The molecule has 3 rings (SSSR count). The van der Waals surface area contributed by atoms with E-state index in [4.69, 9.17) is 4.74 Å². The first-order valence-corrected chi connectivity index (χ1v) is 9.95. The first-order valence-electron chi connectivity index (χ1n) is 9.95. The number of carbonyl (C=O) groups is 2. The van der Waals surface area contributed by atoms with Gasteiger partial charge in [0.2, 0.25) is 5.91 Å². The molecule has 1 aromatic carbocycles. The number of H-pyrrole nitrogens is 1. The Bertz CT molecular complexity index is 1030. The van der Waals surface area contributed by atoms with Gasteiger partial charge in [-0.2, -0.15) is 0 Å². The molecule has 1 unspecified atom stereocenters. The molecule has 0 radical (unpaired) electrons. The number of amides is 2. The fourth-order valence-electron chi connectivity index (χ4n) is 3.21. The lowest BCUT2D eigenvalue weighted by Gasteiger charge is -2.14. The van der Waals surface area contributed by atoms with Crippen LogP contribution in [0.5, 0.6) is 0 Å². The molecule has 0 aliphatic carbocycles. The summed E-state index contributed by atoms with van der Waals surface area (Å²) in [5.41, 5.74) is 2.95. The number of fused-ring (bicyclic) bond motifs is 3. The predicted octanol–water partition coefficient (Wildman–Crippen LogP) is 3.07. The maximum Gasteiger partial charge on any atom is 0.270 e. The fraction of sp³-hybridized carbons (Fsp3) is 0.409. The molecule has 3 N–H and O–H groups in total. The molecule has 3 aromatic rings. The van der Waals surface area contributed by atoms with Gasteiger partial charge in [0.1, 0.15) is 11.7 Å². The summed E-state index contributed by atoms with van der Waals surface area (Å²) in [6.07, 6.45) is 0.900. The Morgan fingerprint density at radius 2 is 1.93 bits per heavy atom. The molecule has 29 heavy (non-hydrogen) atoms. The van der Waals surface area contributed by atoms with Gasteiger partial charge in [0.15, 0.2) is 0 Å². The van der Waals surface area contributed by atoms with Crippen LogP contribution in [0, 0.1) is 6.92 Å². The average Bonchev–Trinajstić information content (AvgIpc) is 3.06. The Balaban J connectivity index is 1.65. The monoisotopic (exact) mass is 396 g/mol. The van der Waals surface area contributed by atoms with E-state index in [2.05, 4.69) is 20.6 Å². The highest BCUT2D eigenvalue weighted by Crippen LogP contribution is 2.27. The van der Waals surface area contributed by atoms with Crippen molar-refractivity contribution in [3.05, 3.63) is 41.7 Å². The van der Waals surface area contributed by atoms with E-state index in [0.29, 0.717) is 18.8 Å². The lowest BCUT2D eigenvalue weighted by atomic mass is 10.1. The van der Waals surface area contributed by atoms with Crippen LogP contribution < -0.4 is 10.6 Å². The van der Waals surface area contributed by atoms with E-state index in [1.54, 1.807) is 13.0 Å². The lowest BCUT2D eigenvalue weighted by molar-refractivity contribution is -0.122. The summed E-state index contributed by atoms with van der Waals surface area (Å²) in [7, 11) is 0. The predicted molar refractivity (Wildman–Crippen MR) is 114 cm³/mol. The summed E-state index contributed by atoms with van der Waals surface area (Å²) in [6.45, 7) is 8.56. The average molecular weight is 396 g/mol. The maximum atomic E-state index is 12.7. The van der Waals surface area contributed by atoms with Gasteiger partial charge in [0, 0.05) is 29.4 Å². The SMILES string of the molecule is Cc1nc(C(=O)NC(C)C(=O)NCCCOC(C)C)cc2c1[nH]c1ccccc12. The van der Waals surface area contributed by atoms with Gasteiger partial charge < -0.3 is 20.4 Å². The number of rotatable bonds is 8. The van der Waals surface area contributed by atoms with Gasteiger partial charge in [-0.25, -0.2) is 4.98 Å². The van der Waals surface area contributed by atoms with Crippen LogP contribution >= 0.6 is 0 Å². The number of carbonyl (C=O) groups excluding carboxylic acids is 2. The van der Waals surface area contributed by atoms with Crippen LogP contribution in [-0.2, 0) is 9.53 Å². The molecule has 2 amide bonds. The van der Waals surface area contributed by atoms with Crippen LogP contribution in [-0.4, -0.2) is 47.1 Å². The molecular weight excluding hydrogens is 368 g/mol. The second-order valence-electron chi connectivity index (χ2n) is 7.45. The number of nitrogens with one attached hydrogen (secondary N) is 3. The van der Waals surface area contributed by atoms with Gasteiger partial charge in [-0.1, -0.05) is 18.2 Å². The van der Waals surface area contributed by atoms with Gasteiger partial charge in [0.05, 0.1) is 17.3 Å². The molecule has 0 saturated carbocycles. The highest BCUT2D eigenvalue weighted by molar-refractivity contribution is 6.10. The lowest BCUT2D eigenvalue weighted by Crippen LogP contribution is -2.45. The Labute approximate surface area is 170 Å². The maximum absolute atomic E-state index is 12.7. The van der Waals surface area contributed by atoms with Gasteiger partial charge >= 0.3 is 0 Å². The van der Waals surface area contributed by atoms with E-state index < -0.39 is 6.04 Å². The Morgan fingerprint density at radius 3 is 2.69 bits per heavy atom. The number of pyridine rings is 1. The van der Waals surface area contributed by atoms with Crippen molar-refractivity contribution in [1.82, 2.24) is 20.6 Å². The largest absolute Gasteiger partial charge is 0.379 e. The van der Waals surface area contributed by atoms with Crippen molar-refractivity contribution in [1.29, 1.82) is 0 Å². The molecule has 0 bridgehead atoms. The zero-order valence-electron chi connectivity index (χ0n) is 17.3. The second-order valence-corrected chi connectivity index (χ2v) is 7.45. The van der Waals surface area contributed by atoms with Crippen molar-refractivity contribution < 1.29 is 14.3 Å². The highest BCUT2D eigenvalue weighted by atomic mass is 16.5. The minimum Gasteiger partial charge on any atom is -0.379 e. The normalized spacial score (nSPS) is 12.4. The summed E-state index contributed by atoms with van der Waals surface area (Å²) in [6, 6.07) is 9.04. The molecule has 0 spiro atoms. The molecule has 0 aliphatic heterocycles. The summed E-state index contributed by atoms with van der Waals surface area (Å²) in [5.74, 6) is -0.598. The van der Waals surface area contributed by atoms with E-state index in [1.807, 2.05) is 45.0 Å². The third-order valence-corrected chi connectivity index (χ3v) is 4.72. The Morgan fingerprint density at radius 1 is 1.17 bits per heavy atom. The number of nitrogens with zero attached hydrogens (tertiary/aromatic N) is 1. The van der Waals surface area contributed by atoms with Crippen molar-refractivity contribution in [3.8, 4) is 0 Å². The van der Waals surface area contributed by atoms with Crippen molar-refractivity contribution in [2.45, 2.75) is 46.3 Å². The molecule has 1 atom stereocenters. The molecule has 2 aromatic heterocycles. The van der Waals surface area contributed by atoms with Crippen molar-refractivity contribution >= 4 is 33.6 Å². The molecule has 7 heteroatoms. The topological polar surface area (TPSA) is 96.1 Å². The minimum atomic E-state index is -0.658. The number of para-hydroxylation sites is 1. The van der Waals surface area contributed by atoms with E-state index in [9.17, 15) is 9.59 Å². The quantitative estimate of drug-likeness (QED) is 0.510. The van der Waals surface area contributed by atoms with Crippen LogP contribution in [0.2, 0.25) is 0 Å². The number of hydrogen-bond donors (Lipinski definition) is 3. The number of ether oxygens (including phenoxy) is 1. The summed E-state index contributed by atoms with van der Waals surface area (Å²) in [4.78, 5) is 32.7. The summed E-state index contributed by atoms with van der Waals surface area (Å²) in [5, 5.41) is 7.53. The van der Waals surface area contributed by atoms with Crippen LogP contribution in [0.15, 0.2) is 30.3 Å². The number of aromatic nitrogens is 2. The zero-order valence-corrected chi connectivity index (χ0v) is 17.3. The fourth-order valence-corrected chi connectivity index (χ4v) is 3.21. The summed E-state index contributed by atoms with van der Waals surface area (Å²) < 4.78 is 5.44. The second kappa shape index (κ2) is 9.05. The van der Waals surface area contributed by atoms with Crippen molar-refractivity contribution in [2.75, 3.05) is 13.2 Å². The van der Waals surface area contributed by atoms with Gasteiger partial charge in [-0.3, -0.25) is 9.59 Å². The molecule has 7 nitrogen and oxygen atoms in total. The Kier molecular flexibility index (Phi) is 6.49. The van der Waals surface area contributed by atoms with E-state index in [-0.39, 0.29) is 17.9 Å². The van der Waals surface area contributed by atoms with Crippen LogP contribution in [0.3, 0.4) is 0 Å². The third-order valence-electron chi connectivity index (χ3n) is 4.72. The van der Waals surface area contributed by atoms with E-state index in [1.165, 1.54) is 0 Å². The van der Waals surface area contributed by atoms with Crippen molar-refractivity contribution in [3.63, 3.8) is 0 Å². The minimum absolute atomic E-state index is 0.175. The Hall–Kier alpha value is -2.93. The van der Waals surface area contributed by atoms with E-state index >= 15 is 0 Å². The molecule has 2 heterocycles. The number of hydrogen-bond acceptors (Lipinski definition) is 4. The van der Waals surface area contributed by atoms with Gasteiger partial charge in [0.25, 0.3) is 5.91 Å². The zero-order chi connectivity index (χ0) is 21.0. The third kappa shape index (κ3) is 4.92. The van der Waals surface area contributed by atoms with Crippen LogP contribution in [0.25, 0.3) is 21.8 Å². The highest BCUT2D eigenvalue weighted by Gasteiger charge is 2.19. The first-order chi connectivity index (χ1) is 13.9. The van der Waals surface area contributed by atoms with Crippen molar-refractivity contribution in [2.24, 2.45) is 0 Å². The smallest absolute Gasteiger partial charge is 0.270 e. The van der Waals surface area contributed by atoms with Gasteiger partial charge in [-0.15, -0.1) is 0 Å². The van der Waals surface area contributed by atoms with E-state index in [0.717, 1.165) is 33.9 Å². The van der Waals surface area contributed by atoms with Crippen LogP contribution in [0.4, 0.5) is 0 Å². The molecule has 0 fully saturated rings. The number of aromatic amines is 1. The van der Waals surface area contributed by atoms with Crippen LogP contribution in [0.1, 0.15) is 43.4 Å². The summed E-state index contributed by atoms with van der Waals surface area (Å²) >= 11 is 0. The molecule has 0 aliphatic rings.